The van der Waals surface area contributed by atoms with Crippen LogP contribution >= 0.6 is 11.6 Å². The summed E-state index contributed by atoms with van der Waals surface area (Å²) < 4.78 is 1.31. The maximum absolute atomic E-state index is 11.6. The molecule has 0 aliphatic carbocycles. The Morgan fingerprint density at radius 1 is 1.35 bits per heavy atom. The van der Waals surface area contributed by atoms with Gasteiger partial charge in [-0.1, -0.05) is 23.7 Å². The first-order valence-corrected chi connectivity index (χ1v) is 5.18. The molecule has 0 spiro atoms. The predicted octanol–water partition coefficient (Wildman–Crippen LogP) is 0.781. The van der Waals surface area contributed by atoms with E-state index in [-0.39, 0.29) is 5.95 Å². The lowest BCUT2D eigenvalue weighted by Crippen LogP contribution is -2.26. The van der Waals surface area contributed by atoms with Crippen LogP contribution in [0, 0.1) is 0 Å². The molecule has 88 valence electrons. The first-order valence-electron chi connectivity index (χ1n) is 4.80. The second-order valence-corrected chi connectivity index (χ2v) is 3.74. The van der Waals surface area contributed by atoms with Gasteiger partial charge in [-0.3, -0.25) is 9.99 Å². The zero-order chi connectivity index (χ0) is 12.4. The van der Waals surface area contributed by atoms with Crippen molar-refractivity contribution in [2.24, 2.45) is 12.9 Å². The van der Waals surface area contributed by atoms with Crippen molar-refractivity contribution in [1.82, 2.24) is 14.5 Å². The van der Waals surface area contributed by atoms with Crippen molar-refractivity contribution >= 4 is 17.5 Å². The van der Waals surface area contributed by atoms with Crippen molar-refractivity contribution in [2.45, 2.75) is 0 Å². The van der Waals surface area contributed by atoms with E-state index in [4.69, 9.17) is 17.4 Å². The highest BCUT2D eigenvalue weighted by molar-refractivity contribution is 6.33. The summed E-state index contributed by atoms with van der Waals surface area (Å²) in [6.07, 6.45) is 0. The number of nitrogen functional groups attached to an aromatic ring is 1. The lowest BCUT2D eigenvalue weighted by atomic mass is 10.2. The largest absolute Gasteiger partial charge is 0.352 e. The molecule has 1 aromatic carbocycles. The number of aromatic nitrogens is 3. The molecule has 3 N–H and O–H groups in total. The number of nitrogens with two attached hydrogens (primary N) is 1. The fraction of sp³-hybridized carbons (Fsp3) is 0.100. The Balaban J connectivity index is 2.71. The van der Waals surface area contributed by atoms with Gasteiger partial charge >= 0.3 is 5.69 Å². The van der Waals surface area contributed by atoms with E-state index in [9.17, 15) is 4.79 Å². The summed E-state index contributed by atoms with van der Waals surface area (Å²) in [4.78, 5) is 19.3. The van der Waals surface area contributed by atoms with Crippen LogP contribution in [-0.4, -0.2) is 14.5 Å². The van der Waals surface area contributed by atoms with Gasteiger partial charge in [0, 0.05) is 12.6 Å². The van der Waals surface area contributed by atoms with Crippen molar-refractivity contribution in [1.29, 1.82) is 0 Å². The number of benzene rings is 1. The van der Waals surface area contributed by atoms with Gasteiger partial charge in [0.15, 0.2) is 0 Å². The molecule has 7 heteroatoms. The number of nitrogens with one attached hydrogen (secondary N) is 1. The van der Waals surface area contributed by atoms with Crippen molar-refractivity contribution in [2.75, 3.05) is 5.43 Å². The summed E-state index contributed by atoms with van der Waals surface area (Å²) in [5, 5.41) is 0.504. The molecule has 0 saturated carbocycles. The quantitative estimate of drug-likeness (QED) is 0.609. The number of hydrogen-bond acceptors (Lipinski definition) is 5. The highest BCUT2D eigenvalue weighted by Gasteiger charge is 2.11. The molecule has 2 rings (SSSR count). The van der Waals surface area contributed by atoms with Crippen LogP contribution in [0.2, 0.25) is 5.02 Å². The first kappa shape index (κ1) is 11.6. The summed E-state index contributed by atoms with van der Waals surface area (Å²) >= 11 is 6.05. The highest BCUT2D eigenvalue weighted by atomic mass is 35.5. The molecule has 6 nitrogen and oxygen atoms in total. The van der Waals surface area contributed by atoms with E-state index in [0.29, 0.717) is 16.4 Å². The number of nitrogens with zero attached hydrogens (tertiary/aromatic N) is 3. The minimum atomic E-state index is -0.456. The fourth-order valence-corrected chi connectivity index (χ4v) is 1.62. The molecule has 1 heterocycles. The average molecular weight is 252 g/mol. The van der Waals surface area contributed by atoms with Gasteiger partial charge in [-0.2, -0.15) is 9.97 Å². The maximum atomic E-state index is 11.6. The number of anilines is 1. The van der Waals surface area contributed by atoms with Gasteiger partial charge in [0.2, 0.25) is 5.95 Å². The molecule has 0 aliphatic rings. The Kier molecular flexibility index (Phi) is 3.08. The second kappa shape index (κ2) is 4.52. The lowest BCUT2D eigenvalue weighted by Gasteiger charge is -2.09. The maximum Gasteiger partial charge on any atom is 0.352 e. The molecular weight excluding hydrogens is 242 g/mol. The number of hydrogen-bond donors (Lipinski definition) is 2. The van der Waals surface area contributed by atoms with Crippen LogP contribution in [0.1, 0.15) is 0 Å². The van der Waals surface area contributed by atoms with Crippen LogP contribution < -0.4 is 17.0 Å². The van der Waals surface area contributed by atoms with E-state index < -0.39 is 5.69 Å². The van der Waals surface area contributed by atoms with Crippen LogP contribution in [0.3, 0.4) is 0 Å². The molecule has 0 unspecified atom stereocenters. The molecular formula is C10H10ClN5O. The molecule has 0 atom stereocenters. The Bertz CT molecular complexity index is 610. The zero-order valence-corrected chi connectivity index (χ0v) is 9.77. The van der Waals surface area contributed by atoms with Crippen molar-refractivity contribution in [3.8, 4) is 11.4 Å². The predicted molar refractivity (Wildman–Crippen MR) is 65.5 cm³/mol. The number of rotatable bonds is 2. The molecule has 0 radical (unpaired) electrons. The van der Waals surface area contributed by atoms with Gasteiger partial charge in [0.1, 0.15) is 5.82 Å². The smallest absolute Gasteiger partial charge is 0.292 e. The molecule has 0 fully saturated rings. The SMILES string of the molecule is Cn1c(-c2ccccc2Cl)nc(NN)nc1=O. The van der Waals surface area contributed by atoms with E-state index in [1.54, 1.807) is 25.2 Å². The molecule has 0 aliphatic heterocycles. The minimum absolute atomic E-state index is 0.0584. The Labute approximate surface area is 102 Å². The molecule has 17 heavy (non-hydrogen) atoms. The number of hydrazine groups is 1. The van der Waals surface area contributed by atoms with Crippen LogP contribution in [0.4, 0.5) is 5.95 Å². The van der Waals surface area contributed by atoms with Gasteiger partial charge in [-0.25, -0.2) is 10.6 Å². The normalized spacial score (nSPS) is 10.3. The fourth-order valence-electron chi connectivity index (χ4n) is 1.40. The highest BCUT2D eigenvalue weighted by Crippen LogP contribution is 2.24. The van der Waals surface area contributed by atoms with Gasteiger partial charge in [-0.15, -0.1) is 0 Å². The third-order valence-electron chi connectivity index (χ3n) is 2.26. The standard InChI is InChI=1S/C10H10ClN5O/c1-16-8(6-4-2-3-5-7(6)11)13-9(15-12)14-10(16)17/h2-5H,12H2,1H3,(H,14,15,17). The summed E-state index contributed by atoms with van der Waals surface area (Å²) in [7, 11) is 1.57. The Morgan fingerprint density at radius 3 is 2.71 bits per heavy atom. The third kappa shape index (κ3) is 2.13. The van der Waals surface area contributed by atoms with Gasteiger partial charge in [0.05, 0.1) is 5.02 Å². The molecule has 0 bridgehead atoms. The minimum Gasteiger partial charge on any atom is -0.292 e. The third-order valence-corrected chi connectivity index (χ3v) is 2.59. The first-order chi connectivity index (χ1) is 8.13. The van der Waals surface area contributed by atoms with E-state index in [0.717, 1.165) is 0 Å². The Morgan fingerprint density at radius 2 is 2.06 bits per heavy atom. The van der Waals surface area contributed by atoms with Crippen LogP contribution in [-0.2, 0) is 7.05 Å². The van der Waals surface area contributed by atoms with Crippen LogP contribution in [0.15, 0.2) is 29.1 Å². The molecule has 2 aromatic rings. The summed E-state index contributed by atoms with van der Waals surface area (Å²) in [5.74, 6) is 5.66. The monoisotopic (exact) mass is 251 g/mol. The molecule has 1 aromatic heterocycles. The van der Waals surface area contributed by atoms with Crippen LogP contribution in [0.5, 0.6) is 0 Å². The Hall–Kier alpha value is -1.92. The number of halogens is 1. The average Bonchev–Trinajstić information content (AvgIpc) is 2.33. The summed E-state index contributed by atoms with van der Waals surface area (Å²) in [5.41, 5.74) is 2.44. The van der Waals surface area contributed by atoms with Crippen molar-refractivity contribution in [3.63, 3.8) is 0 Å². The van der Waals surface area contributed by atoms with E-state index >= 15 is 0 Å². The van der Waals surface area contributed by atoms with Crippen molar-refractivity contribution < 1.29 is 0 Å². The van der Waals surface area contributed by atoms with E-state index in [2.05, 4.69) is 15.4 Å². The summed E-state index contributed by atoms with van der Waals surface area (Å²) in [6.45, 7) is 0. The van der Waals surface area contributed by atoms with Gasteiger partial charge < -0.3 is 0 Å². The molecule has 0 amide bonds. The zero-order valence-electron chi connectivity index (χ0n) is 9.01. The topological polar surface area (TPSA) is 85.8 Å². The van der Waals surface area contributed by atoms with Crippen LogP contribution in [0.25, 0.3) is 11.4 Å². The molecule has 0 saturated heterocycles. The lowest BCUT2D eigenvalue weighted by molar-refractivity contribution is 0.785. The van der Waals surface area contributed by atoms with Gasteiger partial charge in [0.25, 0.3) is 0 Å². The van der Waals surface area contributed by atoms with Gasteiger partial charge in [-0.05, 0) is 12.1 Å². The van der Waals surface area contributed by atoms with E-state index in [1.807, 2.05) is 6.07 Å². The second-order valence-electron chi connectivity index (χ2n) is 3.34. The van der Waals surface area contributed by atoms with E-state index in [1.165, 1.54) is 4.57 Å². The van der Waals surface area contributed by atoms with Crippen molar-refractivity contribution in [3.05, 3.63) is 39.8 Å². The summed E-state index contributed by atoms with van der Waals surface area (Å²) in [6, 6.07) is 7.10.